The Bertz CT molecular complexity index is 1390. The molecule has 41 heavy (non-hydrogen) atoms. The number of alkyl halides is 3. The van der Waals surface area contributed by atoms with Gasteiger partial charge in [0.05, 0.1) is 30.3 Å². The fourth-order valence-corrected chi connectivity index (χ4v) is 6.61. The molecule has 9 heteroatoms. The summed E-state index contributed by atoms with van der Waals surface area (Å²) in [5.74, 6) is -3.23. The van der Waals surface area contributed by atoms with Crippen molar-refractivity contribution < 1.29 is 22.7 Å². The van der Waals surface area contributed by atoms with E-state index in [1.165, 1.54) is 0 Å². The average molecular weight is 569 g/mol. The molecule has 6 nitrogen and oxygen atoms in total. The summed E-state index contributed by atoms with van der Waals surface area (Å²) >= 11 is 0. The molecule has 0 spiro atoms. The summed E-state index contributed by atoms with van der Waals surface area (Å²) < 4.78 is 51.5. The van der Waals surface area contributed by atoms with Crippen molar-refractivity contribution in [3.63, 3.8) is 0 Å². The summed E-state index contributed by atoms with van der Waals surface area (Å²) in [4.78, 5) is 15.4. The number of rotatable bonds is 8. The first kappa shape index (κ1) is 28.2. The van der Waals surface area contributed by atoms with E-state index in [2.05, 4.69) is 27.6 Å². The molecule has 220 valence electrons. The van der Waals surface area contributed by atoms with Crippen LogP contribution in [0.4, 0.5) is 13.2 Å². The minimum absolute atomic E-state index is 0.00540. The highest BCUT2D eigenvalue weighted by molar-refractivity contribution is 5.86. The van der Waals surface area contributed by atoms with Crippen LogP contribution in [0.25, 0.3) is 22.0 Å². The van der Waals surface area contributed by atoms with E-state index in [-0.39, 0.29) is 31.8 Å². The van der Waals surface area contributed by atoms with Gasteiger partial charge in [-0.15, -0.1) is 0 Å². The van der Waals surface area contributed by atoms with Crippen molar-refractivity contribution in [3.05, 3.63) is 53.7 Å². The van der Waals surface area contributed by atoms with Gasteiger partial charge in [-0.05, 0) is 86.3 Å². The van der Waals surface area contributed by atoms with Gasteiger partial charge in [0.2, 0.25) is 5.91 Å². The number of hydrogen-bond acceptors (Lipinski definition) is 4. The highest BCUT2D eigenvalue weighted by Gasteiger charge is 2.50. The van der Waals surface area contributed by atoms with E-state index in [4.69, 9.17) is 4.74 Å². The molecular formula is C32H39F3N4O2. The number of nitrogens with zero attached hydrogens (tertiary/aromatic N) is 2. The van der Waals surface area contributed by atoms with Gasteiger partial charge in [-0.3, -0.25) is 14.8 Å². The van der Waals surface area contributed by atoms with Crippen LogP contribution in [0.5, 0.6) is 0 Å². The number of benzene rings is 2. The van der Waals surface area contributed by atoms with Gasteiger partial charge in [0, 0.05) is 30.9 Å². The van der Waals surface area contributed by atoms with Crippen molar-refractivity contribution in [2.75, 3.05) is 13.1 Å². The summed E-state index contributed by atoms with van der Waals surface area (Å²) in [5.41, 5.74) is 5.03. The van der Waals surface area contributed by atoms with Crippen molar-refractivity contribution in [2.24, 2.45) is 0 Å². The number of H-pyrrole nitrogens is 1. The Balaban J connectivity index is 1.19. The fourth-order valence-electron chi connectivity index (χ4n) is 6.61. The number of halogens is 3. The zero-order valence-electron chi connectivity index (χ0n) is 23.7. The molecule has 6 rings (SSSR count). The van der Waals surface area contributed by atoms with Gasteiger partial charge in [0.25, 0.3) is 5.92 Å². The quantitative estimate of drug-likeness (QED) is 0.342. The third-order valence-corrected chi connectivity index (χ3v) is 9.02. The van der Waals surface area contributed by atoms with E-state index in [1.54, 1.807) is 6.20 Å². The largest absolute Gasteiger partial charge is 0.369 e. The molecule has 1 amide bonds. The molecule has 1 aliphatic heterocycles. The summed E-state index contributed by atoms with van der Waals surface area (Å²) in [6, 6.07) is 10.8. The molecule has 0 unspecified atom stereocenters. The Hall–Kier alpha value is -2.91. The number of fused-ring (bicyclic) bond motifs is 1. The summed E-state index contributed by atoms with van der Waals surface area (Å²) in [5, 5.41) is 10.7. The van der Waals surface area contributed by atoms with Crippen LogP contribution in [0.3, 0.4) is 0 Å². The van der Waals surface area contributed by atoms with Crippen LogP contribution in [0.1, 0.15) is 69.4 Å². The lowest BCUT2D eigenvalue weighted by Crippen LogP contribution is -2.59. The lowest BCUT2D eigenvalue weighted by atomic mass is 9.87. The molecule has 1 aromatic heterocycles. The number of amides is 1. The molecular weight excluding hydrogens is 529 g/mol. The summed E-state index contributed by atoms with van der Waals surface area (Å²) in [6.45, 7) is 4.93. The SMILES string of the molecule is CC(C)N1CC[C@H](O[C@H]2CCCC(F)(F)[C@@H]2NC(=O)Cc2cccc(-c3ccc4[nH]ncc4c3)c2C2CC2)[C@H](F)C1. The Kier molecular flexibility index (Phi) is 7.85. The van der Waals surface area contributed by atoms with Gasteiger partial charge in [-0.2, -0.15) is 5.10 Å². The van der Waals surface area contributed by atoms with Crippen LogP contribution in [-0.2, 0) is 16.0 Å². The van der Waals surface area contributed by atoms with Crippen molar-refractivity contribution in [1.29, 1.82) is 0 Å². The molecule has 2 aliphatic carbocycles. The lowest BCUT2D eigenvalue weighted by Gasteiger charge is -2.42. The number of ether oxygens (including phenoxy) is 1. The minimum atomic E-state index is -3.12. The molecule has 3 aromatic rings. The Morgan fingerprint density at radius 2 is 2.00 bits per heavy atom. The van der Waals surface area contributed by atoms with Crippen LogP contribution in [0.2, 0.25) is 0 Å². The maximum atomic E-state index is 15.2. The number of nitrogens with one attached hydrogen (secondary N) is 2. The monoisotopic (exact) mass is 568 g/mol. The van der Waals surface area contributed by atoms with E-state index >= 15 is 13.2 Å². The molecule has 2 heterocycles. The standard InChI is InChI=1S/C32H39F3N4O2/c1-19(2)39-14-12-27(25(33)18-39)41-28-7-4-13-32(34,35)31(28)37-29(40)16-22-5-3-6-24(30(22)20-8-9-20)21-10-11-26-23(15-21)17-36-38-26/h3,5-6,10-11,15,17,19-20,25,27-28,31H,4,7-9,12-14,16,18H2,1-2H3,(H,36,38)(H,37,40)/t25-,27+,28+,31-/m1/s1. The Morgan fingerprint density at radius 3 is 2.76 bits per heavy atom. The highest BCUT2D eigenvalue weighted by atomic mass is 19.3. The van der Waals surface area contributed by atoms with Crippen LogP contribution >= 0.6 is 0 Å². The number of carbonyl (C=O) groups is 1. The lowest BCUT2D eigenvalue weighted by molar-refractivity contribution is -0.166. The van der Waals surface area contributed by atoms with Gasteiger partial charge in [0.1, 0.15) is 12.2 Å². The topological polar surface area (TPSA) is 70.2 Å². The van der Waals surface area contributed by atoms with E-state index in [9.17, 15) is 4.79 Å². The normalized spacial score (nSPS) is 26.9. The second-order valence-corrected chi connectivity index (χ2v) is 12.3. The van der Waals surface area contributed by atoms with Crippen LogP contribution < -0.4 is 5.32 Å². The Labute approximate surface area is 239 Å². The smallest absolute Gasteiger partial charge is 0.270 e. The molecule has 2 saturated carbocycles. The molecule has 3 aliphatic rings. The number of carbonyl (C=O) groups excluding carboxylic acids is 1. The first-order valence-electron chi connectivity index (χ1n) is 15.0. The summed E-state index contributed by atoms with van der Waals surface area (Å²) in [6.07, 6.45) is 1.74. The van der Waals surface area contributed by atoms with Crippen molar-refractivity contribution in [2.45, 2.75) is 101 Å². The van der Waals surface area contributed by atoms with Gasteiger partial charge in [-0.1, -0.05) is 24.3 Å². The van der Waals surface area contributed by atoms with Gasteiger partial charge >= 0.3 is 0 Å². The number of hydrogen-bond donors (Lipinski definition) is 2. The summed E-state index contributed by atoms with van der Waals surface area (Å²) in [7, 11) is 0. The van der Waals surface area contributed by atoms with E-state index < -0.39 is 36.3 Å². The van der Waals surface area contributed by atoms with Crippen LogP contribution in [-0.4, -0.2) is 70.5 Å². The number of aromatic nitrogens is 2. The zero-order valence-corrected chi connectivity index (χ0v) is 23.7. The van der Waals surface area contributed by atoms with Crippen LogP contribution in [0, 0.1) is 0 Å². The second kappa shape index (κ2) is 11.4. The van der Waals surface area contributed by atoms with Crippen molar-refractivity contribution in [1.82, 2.24) is 20.4 Å². The van der Waals surface area contributed by atoms with Gasteiger partial charge < -0.3 is 10.1 Å². The average Bonchev–Trinajstić information content (AvgIpc) is 3.67. The molecule has 0 radical (unpaired) electrons. The van der Waals surface area contributed by atoms with E-state index in [1.807, 2.05) is 43.0 Å². The Morgan fingerprint density at radius 1 is 1.17 bits per heavy atom. The molecule has 2 aromatic carbocycles. The van der Waals surface area contributed by atoms with Crippen molar-refractivity contribution >= 4 is 16.8 Å². The molecule has 1 saturated heterocycles. The highest BCUT2D eigenvalue weighted by Crippen LogP contribution is 2.46. The molecule has 3 fully saturated rings. The number of aromatic amines is 1. The number of likely N-dealkylation sites (tertiary alicyclic amines) is 1. The van der Waals surface area contributed by atoms with Gasteiger partial charge in [-0.25, -0.2) is 13.2 Å². The molecule has 4 atom stereocenters. The maximum absolute atomic E-state index is 15.2. The van der Waals surface area contributed by atoms with E-state index in [0.717, 1.165) is 46.0 Å². The van der Waals surface area contributed by atoms with E-state index in [0.29, 0.717) is 25.3 Å². The van der Waals surface area contributed by atoms with Crippen LogP contribution in [0.15, 0.2) is 42.6 Å². The first-order chi connectivity index (χ1) is 19.7. The van der Waals surface area contributed by atoms with Gasteiger partial charge in [0.15, 0.2) is 0 Å². The minimum Gasteiger partial charge on any atom is -0.369 e. The maximum Gasteiger partial charge on any atom is 0.270 e. The first-order valence-corrected chi connectivity index (χ1v) is 15.0. The third-order valence-electron chi connectivity index (χ3n) is 9.02. The zero-order chi connectivity index (χ0) is 28.7. The second-order valence-electron chi connectivity index (χ2n) is 12.3. The molecule has 0 bridgehead atoms. The number of piperidine rings is 1. The third kappa shape index (κ3) is 6.02. The predicted octanol–water partition coefficient (Wildman–Crippen LogP) is 6.16. The fraction of sp³-hybridized carbons (Fsp3) is 0.562. The predicted molar refractivity (Wildman–Crippen MR) is 153 cm³/mol. The van der Waals surface area contributed by atoms with Crippen molar-refractivity contribution in [3.8, 4) is 11.1 Å². The molecule has 2 N–H and O–H groups in total.